The van der Waals surface area contributed by atoms with E-state index in [-0.39, 0.29) is 18.1 Å². The molecule has 1 amide bonds. The number of rotatable bonds is 5. The van der Waals surface area contributed by atoms with Crippen LogP contribution in [0.1, 0.15) is 48.7 Å². The molecule has 1 N–H and O–H groups in total. The van der Waals surface area contributed by atoms with E-state index < -0.39 is 6.09 Å². The summed E-state index contributed by atoms with van der Waals surface area (Å²) >= 11 is 0. The summed E-state index contributed by atoms with van der Waals surface area (Å²) < 4.78 is 9.81. The highest BCUT2D eigenvalue weighted by Gasteiger charge is 2.34. The van der Waals surface area contributed by atoms with Gasteiger partial charge in [0.25, 0.3) is 0 Å². The lowest BCUT2D eigenvalue weighted by Crippen LogP contribution is -2.32. The zero-order valence-corrected chi connectivity index (χ0v) is 12.6. The Morgan fingerprint density at radius 2 is 1.81 bits per heavy atom. The normalized spacial score (nSPS) is 15.4. The van der Waals surface area contributed by atoms with E-state index in [1.807, 2.05) is 26.0 Å². The Balaban J connectivity index is 2.08. The lowest BCUT2D eigenvalue weighted by atomic mass is 10.0. The van der Waals surface area contributed by atoms with Crippen molar-refractivity contribution in [3.05, 3.63) is 35.4 Å². The van der Waals surface area contributed by atoms with Crippen molar-refractivity contribution < 1.29 is 19.1 Å². The third-order valence-electron chi connectivity index (χ3n) is 3.40. The van der Waals surface area contributed by atoms with Crippen LogP contribution in [-0.4, -0.2) is 25.3 Å². The zero-order chi connectivity index (χ0) is 15.4. The molecule has 2 rings (SSSR count). The fraction of sp³-hybridized carbons (Fsp3) is 0.500. The van der Waals surface area contributed by atoms with Crippen molar-refractivity contribution in [3.8, 4) is 0 Å². The minimum atomic E-state index is -0.404. The fourth-order valence-electron chi connectivity index (χ4n) is 2.22. The number of methoxy groups -OCH3 is 1. The van der Waals surface area contributed by atoms with Crippen LogP contribution in [0.2, 0.25) is 0 Å². The molecule has 1 unspecified atom stereocenters. The monoisotopic (exact) mass is 291 g/mol. The number of alkyl carbamates (subject to hydrolysis) is 1. The first-order chi connectivity index (χ1) is 10.0. The third kappa shape index (κ3) is 4.21. The molecule has 5 heteroatoms. The van der Waals surface area contributed by atoms with E-state index in [2.05, 4.69) is 10.1 Å². The molecule has 5 nitrogen and oxygen atoms in total. The maximum atomic E-state index is 11.8. The molecule has 114 valence electrons. The molecule has 1 aromatic carbocycles. The standard InChI is InChI=1S/C16H21NO4/c1-10(2)21-16(19)17-14(11-4-5-11)12-6-8-13(9-7-12)15(18)20-3/h6-11,14H,4-5H2,1-3H3,(H,17,19). The first-order valence-electron chi connectivity index (χ1n) is 7.16. The van der Waals surface area contributed by atoms with Gasteiger partial charge in [0.05, 0.1) is 24.8 Å². The summed E-state index contributed by atoms with van der Waals surface area (Å²) in [5.41, 5.74) is 1.48. The van der Waals surface area contributed by atoms with Crippen molar-refractivity contribution in [1.29, 1.82) is 0 Å². The lowest BCUT2D eigenvalue weighted by Gasteiger charge is -2.19. The van der Waals surface area contributed by atoms with E-state index >= 15 is 0 Å². The highest BCUT2D eigenvalue weighted by atomic mass is 16.6. The molecule has 0 spiro atoms. The van der Waals surface area contributed by atoms with Crippen molar-refractivity contribution in [2.45, 2.75) is 38.8 Å². The molecular formula is C16H21NO4. The van der Waals surface area contributed by atoms with Crippen LogP contribution in [0.25, 0.3) is 0 Å². The lowest BCUT2D eigenvalue weighted by molar-refractivity contribution is 0.0600. The second-order valence-electron chi connectivity index (χ2n) is 5.53. The summed E-state index contributed by atoms with van der Waals surface area (Å²) in [6.45, 7) is 3.63. The maximum Gasteiger partial charge on any atom is 0.407 e. The predicted molar refractivity (Wildman–Crippen MR) is 78.0 cm³/mol. The quantitative estimate of drug-likeness (QED) is 0.847. The molecule has 0 saturated heterocycles. The Bertz CT molecular complexity index is 506. The minimum Gasteiger partial charge on any atom is -0.465 e. The highest BCUT2D eigenvalue weighted by molar-refractivity contribution is 5.89. The minimum absolute atomic E-state index is 0.0667. The van der Waals surface area contributed by atoms with Gasteiger partial charge < -0.3 is 14.8 Å². The van der Waals surface area contributed by atoms with Gasteiger partial charge in [-0.05, 0) is 50.3 Å². The van der Waals surface area contributed by atoms with Gasteiger partial charge in [0, 0.05) is 0 Å². The molecular weight excluding hydrogens is 270 g/mol. The molecule has 1 aromatic rings. The molecule has 0 aromatic heterocycles. The summed E-state index contributed by atoms with van der Waals surface area (Å²) in [6, 6.07) is 7.07. The van der Waals surface area contributed by atoms with Gasteiger partial charge >= 0.3 is 12.1 Å². The van der Waals surface area contributed by atoms with Crippen molar-refractivity contribution >= 4 is 12.1 Å². The summed E-state index contributed by atoms with van der Waals surface area (Å²) in [5.74, 6) is 0.0744. The van der Waals surface area contributed by atoms with E-state index in [1.165, 1.54) is 7.11 Å². The highest BCUT2D eigenvalue weighted by Crippen LogP contribution is 2.41. The van der Waals surface area contributed by atoms with Gasteiger partial charge in [-0.1, -0.05) is 12.1 Å². The summed E-state index contributed by atoms with van der Waals surface area (Å²) in [6.07, 6.45) is 1.63. The number of nitrogens with one attached hydrogen (secondary N) is 1. The Morgan fingerprint density at radius 1 is 1.19 bits per heavy atom. The Labute approximate surface area is 124 Å². The SMILES string of the molecule is COC(=O)c1ccc(C(NC(=O)OC(C)C)C2CC2)cc1. The van der Waals surface area contributed by atoms with Crippen molar-refractivity contribution in [2.24, 2.45) is 5.92 Å². The van der Waals surface area contributed by atoms with Gasteiger partial charge in [0.1, 0.15) is 0 Å². The molecule has 1 aliphatic carbocycles. The molecule has 1 fully saturated rings. The summed E-state index contributed by atoms with van der Waals surface area (Å²) in [7, 11) is 1.35. The van der Waals surface area contributed by atoms with Crippen LogP contribution in [0.4, 0.5) is 4.79 Å². The van der Waals surface area contributed by atoms with Crippen LogP contribution in [0, 0.1) is 5.92 Å². The van der Waals surface area contributed by atoms with Crippen LogP contribution in [0.5, 0.6) is 0 Å². The number of benzene rings is 1. The number of hydrogen-bond acceptors (Lipinski definition) is 4. The van der Waals surface area contributed by atoms with Crippen LogP contribution >= 0.6 is 0 Å². The first kappa shape index (κ1) is 15.4. The first-order valence-corrected chi connectivity index (χ1v) is 7.16. The van der Waals surface area contributed by atoms with Crippen LogP contribution in [0.3, 0.4) is 0 Å². The second kappa shape index (κ2) is 6.61. The van der Waals surface area contributed by atoms with E-state index in [1.54, 1.807) is 12.1 Å². The average molecular weight is 291 g/mol. The molecule has 1 aliphatic rings. The predicted octanol–water partition coefficient (Wildman–Crippen LogP) is 3.06. The molecule has 0 heterocycles. The Hall–Kier alpha value is -2.04. The average Bonchev–Trinajstić information content (AvgIpc) is 3.28. The van der Waals surface area contributed by atoms with E-state index in [9.17, 15) is 9.59 Å². The van der Waals surface area contributed by atoms with Gasteiger partial charge in [-0.15, -0.1) is 0 Å². The van der Waals surface area contributed by atoms with Gasteiger partial charge in [0.2, 0.25) is 0 Å². The number of carbonyl (C=O) groups excluding carboxylic acids is 2. The molecule has 0 radical (unpaired) electrons. The van der Waals surface area contributed by atoms with Crippen LogP contribution in [0.15, 0.2) is 24.3 Å². The third-order valence-corrected chi connectivity index (χ3v) is 3.40. The molecule has 0 aliphatic heterocycles. The number of hydrogen-bond donors (Lipinski definition) is 1. The topological polar surface area (TPSA) is 64.6 Å². The number of esters is 1. The number of carbonyl (C=O) groups is 2. The molecule has 21 heavy (non-hydrogen) atoms. The van der Waals surface area contributed by atoms with Gasteiger partial charge in [0.15, 0.2) is 0 Å². The van der Waals surface area contributed by atoms with Crippen LogP contribution < -0.4 is 5.32 Å². The van der Waals surface area contributed by atoms with Gasteiger partial charge in [-0.2, -0.15) is 0 Å². The van der Waals surface area contributed by atoms with Crippen LogP contribution in [-0.2, 0) is 9.47 Å². The second-order valence-corrected chi connectivity index (χ2v) is 5.53. The molecule has 1 atom stereocenters. The maximum absolute atomic E-state index is 11.8. The van der Waals surface area contributed by atoms with Gasteiger partial charge in [-0.3, -0.25) is 0 Å². The van der Waals surface area contributed by atoms with Crippen molar-refractivity contribution in [2.75, 3.05) is 7.11 Å². The zero-order valence-electron chi connectivity index (χ0n) is 12.6. The largest absolute Gasteiger partial charge is 0.465 e. The number of amides is 1. The van der Waals surface area contributed by atoms with Gasteiger partial charge in [-0.25, -0.2) is 9.59 Å². The fourth-order valence-corrected chi connectivity index (χ4v) is 2.22. The molecule has 1 saturated carbocycles. The summed E-state index contributed by atoms with van der Waals surface area (Å²) in [5, 5.41) is 2.91. The Morgan fingerprint density at radius 3 is 2.29 bits per heavy atom. The summed E-state index contributed by atoms with van der Waals surface area (Å²) in [4.78, 5) is 23.2. The van der Waals surface area contributed by atoms with E-state index in [4.69, 9.17) is 4.74 Å². The van der Waals surface area contributed by atoms with E-state index in [0.29, 0.717) is 11.5 Å². The van der Waals surface area contributed by atoms with E-state index in [0.717, 1.165) is 18.4 Å². The molecule has 0 bridgehead atoms. The smallest absolute Gasteiger partial charge is 0.407 e. The Kier molecular flexibility index (Phi) is 4.83. The van der Waals surface area contributed by atoms with Crippen molar-refractivity contribution in [1.82, 2.24) is 5.32 Å². The number of ether oxygens (including phenoxy) is 2. The van der Waals surface area contributed by atoms with Crippen molar-refractivity contribution in [3.63, 3.8) is 0 Å².